The van der Waals surface area contributed by atoms with Gasteiger partial charge in [0.15, 0.2) is 0 Å². The van der Waals surface area contributed by atoms with Gasteiger partial charge in [-0.1, -0.05) is 60.7 Å². The molecule has 0 unspecified atom stereocenters. The molecule has 41 heavy (non-hydrogen) atoms. The summed E-state index contributed by atoms with van der Waals surface area (Å²) in [6.07, 6.45) is 11.6. The topological polar surface area (TPSA) is 0 Å². The van der Waals surface area contributed by atoms with Crippen molar-refractivity contribution in [2.45, 2.75) is 46.5 Å². The quantitative estimate of drug-likeness (QED) is 0.195. The summed E-state index contributed by atoms with van der Waals surface area (Å²) in [6.45, 7) is 6.99. The minimum Gasteiger partial charge on any atom is -0.0622 e. The number of hydrogen-bond donors (Lipinski definition) is 0. The van der Waals surface area contributed by atoms with Crippen LogP contribution in [0.3, 0.4) is 0 Å². The number of rotatable bonds is 7. The monoisotopic (exact) mass is 610 g/mol. The summed E-state index contributed by atoms with van der Waals surface area (Å²) in [4.78, 5) is 0. The largest absolute Gasteiger partial charge is 0.0622 e. The molecule has 0 fully saturated rings. The molecule has 1 heteroatoms. The van der Waals surface area contributed by atoms with Crippen LogP contribution in [0, 0.1) is 0 Å². The summed E-state index contributed by atoms with van der Waals surface area (Å²) in [6, 6.07) is 43.5. The van der Waals surface area contributed by atoms with E-state index in [-0.39, 0.29) is 0 Å². The van der Waals surface area contributed by atoms with Gasteiger partial charge in [0, 0.05) is 0 Å². The second kappa shape index (κ2) is 14.5. The maximum atomic E-state index is 2.42. The Morgan fingerprint density at radius 2 is 1.05 bits per heavy atom. The van der Waals surface area contributed by atoms with Crippen molar-refractivity contribution in [1.29, 1.82) is 0 Å². The van der Waals surface area contributed by atoms with E-state index < -0.39 is 21.3 Å². The van der Waals surface area contributed by atoms with Crippen LogP contribution in [-0.2, 0) is 34.1 Å². The molecular weight excluding hydrogens is 572 g/mol. The van der Waals surface area contributed by atoms with Crippen LogP contribution in [0.2, 0.25) is 0 Å². The average Bonchev–Trinajstić information content (AvgIpc) is 3.66. The van der Waals surface area contributed by atoms with Crippen LogP contribution in [0.4, 0.5) is 0 Å². The van der Waals surface area contributed by atoms with E-state index in [1.165, 1.54) is 34.2 Å². The molecule has 0 radical (unpaired) electrons. The van der Waals surface area contributed by atoms with E-state index in [9.17, 15) is 0 Å². The third-order valence-corrected chi connectivity index (χ3v) is 16.2. The van der Waals surface area contributed by atoms with Crippen molar-refractivity contribution < 1.29 is 21.3 Å². The van der Waals surface area contributed by atoms with Gasteiger partial charge in [-0.15, -0.1) is 0 Å². The molecule has 0 saturated carbocycles. The molecule has 0 nitrogen and oxygen atoms in total. The molecule has 0 bridgehead atoms. The first kappa shape index (κ1) is 29.1. The van der Waals surface area contributed by atoms with Crippen molar-refractivity contribution in [2.75, 3.05) is 0 Å². The van der Waals surface area contributed by atoms with Gasteiger partial charge >= 0.3 is 171 Å². The minimum absolute atomic E-state index is 1.13. The van der Waals surface area contributed by atoms with Gasteiger partial charge in [-0.05, 0) is 24.0 Å². The van der Waals surface area contributed by atoms with Gasteiger partial charge in [0.2, 0.25) is 0 Å². The van der Waals surface area contributed by atoms with Crippen molar-refractivity contribution in [2.24, 2.45) is 0 Å². The number of allylic oxidation sites excluding steroid dienone is 8. The van der Waals surface area contributed by atoms with Crippen LogP contribution in [-0.4, -0.2) is 3.21 Å². The van der Waals surface area contributed by atoms with Gasteiger partial charge in [-0.2, -0.15) is 0 Å². The normalized spacial score (nSPS) is 14.1. The molecule has 0 saturated heterocycles. The van der Waals surface area contributed by atoms with Crippen LogP contribution >= 0.6 is 0 Å². The fourth-order valence-corrected chi connectivity index (χ4v) is 14.4. The zero-order valence-corrected chi connectivity index (χ0v) is 27.1. The van der Waals surface area contributed by atoms with Crippen molar-refractivity contribution in [3.05, 3.63) is 185 Å². The SMILES string of the molecule is CC1=C(C)C(C)=[C]([Zr]([C]2=CC=CC2)=[C](c2ccccc2)c2ccccc2)C1.c1ccc(CCc2ccccc2)cc1. The fraction of sp³-hybridized carbons (Fsp3) is 0.175. The molecule has 2 aliphatic carbocycles. The van der Waals surface area contributed by atoms with Crippen molar-refractivity contribution in [3.8, 4) is 0 Å². The third kappa shape index (κ3) is 7.46. The summed E-state index contributed by atoms with van der Waals surface area (Å²) in [5.74, 6) is 0. The van der Waals surface area contributed by atoms with E-state index >= 15 is 0 Å². The van der Waals surface area contributed by atoms with Gasteiger partial charge in [0.1, 0.15) is 0 Å². The standard InChI is InChI=1S/C14H14.C13H10.C8H11.C5H5.Zr/c1-3-7-13(8-4-1)11-12-14-9-5-2-6-10-14;1-3-7-12(8-4-1)11-13-9-5-2-6-10-13;1-6-4-5-7(2)8(6)3;1-2-4-5-3-1;/h1-10H,11-12H2;1-10H;4H2,1-3H3;1-3H,4H2;. The average molecular weight is 612 g/mol. The maximum Gasteiger partial charge on any atom is -0.0238 e. The minimum atomic E-state index is -2.25. The van der Waals surface area contributed by atoms with Crippen LogP contribution in [0.15, 0.2) is 163 Å². The smallest absolute Gasteiger partial charge is 0.0238 e. The van der Waals surface area contributed by atoms with E-state index in [0.29, 0.717) is 0 Å². The first-order valence-corrected chi connectivity index (χ1v) is 18.5. The fourth-order valence-electron chi connectivity index (χ4n) is 5.73. The molecular formula is C40H40Zr. The van der Waals surface area contributed by atoms with Crippen molar-refractivity contribution in [3.63, 3.8) is 0 Å². The third-order valence-electron chi connectivity index (χ3n) is 8.25. The van der Waals surface area contributed by atoms with Crippen molar-refractivity contribution in [1.82, 2.24) is 0 Å². The molecule has 2 aliphatic rings. The molecule has 0 heterocycles. The Kier molecular flexibility index (Phi) is 10.3. The van der Waals surface area contributed by atoms with Crippen LogP contribution < -0.4 is 0 Å². The Hall–Kier alpha value is -3.41. The molecule has 6 rings (SSSR count). The van der Waals surface area contributed by atoms with Gasteiger partial charge in [0.05, 0.1) is 0 Å². The summed E-state index contributed by atoms with van der Waals surface area (Å²) in [5.41, 5.74) is 10.3. The zero-order valence-electron chi connectivity index (χ0n) is 24.6. The second-order valence-corrected chi connectivity index (χ2v) is 17.1. The first-order valence-electron chi connectivity index (χ1n) is 14.8. The maximum absolute atomic E-state index is 2.42. The Labute approximate surface area is 254 Å². The molecule has 4 aromatic carbocycles. The van der Waals surface area contributed by atoms with E-state index in [1.54, 1.807) is 20.9 Å². The molecule has 204 valence electrons. The first-order chi connectivity index (χ1) is 20.1. The van der Waals surface area contributed by atoms with Gasteiger partial charge in [0.25, 0.3) is 0 Å². The summed E-state index contributed by atoms with van der Waals surface area (Å²) < 4.78 is 5.10. The zero-order chi connectivity index (χ0) is 28.4. The molecule has 0 aliphatic heterocycles. The summed E-state index contributed by atoms with van der Waals surface area (Å²) >= 11 is -2.25. The van der Waals surface area contributed by atoms with Crippen molar-refractivity contribution >= 4 is 3.21 Å². The van der Waals surface area contributed by atoms with Crippen LogP contribution in [0.25, 0.3) is 0 Å². The van der Waals surface area contributed by atoms with E-state index in [1.807, 2.05) is 0 Å². The number of benzene rings is 4. The van der Waals surface area contributed by atoms with Crippen LogP contribution in [0.1, 0.15) is 55.9 Å². The second-order valence-electron chi connectivity index (χ2n) is 11.0. The molecule has 0 atom stereocenters. The molecule has 0 aromatic heterocycles. The summed E-state index contributed by atoms with van der Waals surface area (Å²) in [7, 11) is 0. The number of hydrogen-bond acceptors (Lipinski definition) is 0. The van der Waals surface area contributed by atoms with E-state index in [0.717, 1.165) is 19.3 Å². The predicted octanol–water partition coefficient (Wildman–Crippen LogP) is 10.2. The Morgan fingerprint density at radius 3 is 1.44 bits per heavy atom. The molecule has 0 N–H and O–H groups in total. The number of aryl methyl sites for hydroxylation is 2. The Balaban J connectivity index is 0.000000202. The molecule has 0 spiro atoms. The Bertz CT molecular complexity index is 1520. The van der Waals surface area contributed by atoms with Gasteiger partial charge in [-0.3, -0.25) is 0 Å². The van der Waals surface area contributed by atoms with Crippen LogP contribution in [0.5, 0.6) is 0 Å². The predicted molar refractivity (Wildman–Crippen MR) is 174 cm³/mol. The molecule has 4 aromatic rings. The Morgan fingerprint density at radius 1 is 0.585 bits per heavy atom. The van der Waals surface area contributed by atoms with Gasteiger partial charge in [-0.25, -0.2) is 0 Å². The van der Waals surface area contributed by atoms with Gasteiger partial charge < -0.3 is 0 Å². The van der Waals surface area contributed by atoms with E-state index in [4.69, 9.17) is 0 Å². The molecule has 0 amide bonds. The van der Waals surface area contributed by atoms with E-state index in [2.05, 4.69) is 160 Å². The summed E-state index contributed by atoms with van der Waals surface area (Å²) in [5, 5.41) is 0.